The third-order valence-electron chi connectivity index (χ3n) is 5.79. The van der Waals surface area contributed by atoms with Gasteiger partial charge in [-0.05, 0) is 90.3 Å². The molecule has 0 unspecified atom stereocenters. The molecule has 1 amide bonds. The van der Waals surface area contributed by atoms with Crippen LogP contribution in [-0.4, -0.2) is 22.5 Å². The van der Waals surface area contributed by atoms with Gasteiger partial charge in [0.05, 0.1) is 10.6 Å². The van der Waals surface area contributed by atoms with Gasteiger partial charge in [0.1, 0.15) is 0 Å². The van der Waals surface area contributed by atoms with Crippen LogP contribution >= 0.6 is 35.1 Å². The average molecular weight is 541 g/mol. The Morgan fingerprint density at radius 2 is 1.43 bits per heavy atom. The molecule has 1 saturated heterocycles. The summed E-state index contributed by atoms with van der Waals surface area (Å²) in [6, 6.07) is 36.2. The number of carbonyl (C=O) groups excluding carboxylic acids is 1. The summed E-state index contributed by atoms with van der Waals surface area (Å²) in [7, 11) is 0. The normalized spacial score (nSPS) is 15.6. The molecule has 1 aliphatic rings. The second-order valence-corrected chi connectivity index (χ2v) is 11.1. The smallest absolute Gasteiger partial charge is 0.266 e. The number of amidine groups is 1. The summed E-state index contributed by atoms with van der Waals surface area (Å²) >= 11 is 9.11. The molecule has 5 rings (SSSR count). The first-order valence-electron chi connectivity index (χ1n) is 12.1. The Morgan fingerprint density at radius 1 is 0.811 bits per heavy atom. The number of benzene rings is 4. The minimum atomic E-state index is 0.00681. The molecule has 0 aliphatic carbocycles. The summed E-state index contributed by atoms with van der Waals surface area (Å²) in [4.78, 5) is 23.0. The second-order valence-electron chi connectivity index (χ2n) is 8.51. The molecule has 1 fully saturated rings. The number of rotatable bonds is 8. The topological polar surface area (TPSA) is 32.7 Å². The van der Waals surface area contributed by atoms with E-state index < -0.39 is 0 Å². The fourth-order valence-corrected chi connectivity index (χ4v) is 5.88. The Balaban J connectivity index is 1.32. The van der Waals surface area contributed by atoms with E-state index in [1.54, 1.807) is 11.8 Å². The van der Waals surface area contributed by atoms with Crippen molar-refractivity contribution in [3.05, 3.63) is 130 Å². The van der Waals surface area contributed by atoms with Crippen molar-refractivity contribution in [3.8, 4) is 0 Å². The van der Waals surface area contributed by atoms with E-state index in [9.17, 15) is 4.79 Å². The van der Waals surface area contributed by atoms with Gasteiger partial charge in [0, 0.05) is 21.4 Å². The fourth-order valence-electron chi connectivity index (χ4n) is 3.91. The van der Waals surface area contributed by atoms with E-state index in [4.69, 9.17) is 16.6 Å². The molecule has 0 aromatic heterocycles. The van der Waals surface area contributed by atoms with Crippen LogP contribution in [0.5, 0.6) is 0 Å². The van der Waals surface area contributed by atoms with Gasteiger partial charge in [-0.3, -0.25) is 9.69 Å². The Morgan fingerprint density at radius 3 is 2.11 bits per heavy atom. The number of aliphatic imine (C=N–C) groups is 1. The number of thioether (sulfide) groups is 1. The second kappa shape index (κ2) is 12.3. The quantitative estimate of drug-likeness (QED) is 0.209. The van der Waals surface area contributed by atoms with Crippen LogP contribution in [-0.2, 0) is 11.2 Å². The first kappa shape index (κ1) is 25.4. The van der Waals surface area contributed by atoms with Crippen molar-refractivity contribution in [1.29, 1.82) is 0 Å². The SMILES string of the molecule is O=C1/C(=C/c2ccc(Sc3ccc(Cl)cc3)cc2)SC(=Nc2ccccc2)N1CCCc1ccccc1. The molecule has 0 saturated carbocycles. The number of nitrogens with zero attached hydrogens (tertiary/aromatic N) is 2. The van der Waals surface area contributed by atoms with Gasteiger partial charge in [-0.25, -0.2) is 4.99 Å². The van der Waals surface area contributed by atoms with Crippen LogP contribution in [0.25, 0.3) is 6.08 Å². The van der Waals surface area contributed by atoms with E-state index in [1.807, 2.05) is 83.8 Å². The summed E-state index contributed by atoms with van der Waals surface area (Å²) < 4.78 is 0. The fraction of sp³-hybridized carbons (Fsp3) is 0.0968. The minimum absolute atomic E-state index is 0.00681. The molecule has 3 nitrogen and oxygen atoms in total. The Kier molecular flexibility index (Phi) is 8.46. The molecule has 4 aromatic carbocycles. The Hall–Kier alpha value is -3.25. The predicted molar refractivity (Wildman–Crippen MR) is 158 cm³/mol. The molecule has 0 spiro atoms. The van der Waals surface area contributed by atoms with Crippen molar-refractivity contribution in [3.63, 3.8) is 0 Å². The lowest BCUT2D eigenvalue weighted by Gasteiger charge is -2.15. The van der Waals surface area contributed by atoms with Crippen molar-refractivity contribution >= 4 is 58.0 Å². The van der Waals surface area contributed by atoms with Gasteiger partial charge in [-0.1, -0.05) is 84.0 Å². The van der Waals surface area contributed by atoms with Crippen LogP contribution < -0.4 is 0 Å². The van der Waals surface area contributed by atoms with Gasteiger partial charge >= 0.3 is 0 Å². The number of hydrogen-bond acceptors (Lipinski definition) is 4. The van der Waals surface area contributed by atoms with E-state index in [1.165, 1.54) is 17.3 Å². The molecule has 1 aliphatic heterocycles. The highest BCUT2D eigenvalue weighted by Crippen LogP contribution is 2.35. The monoisotopic (exact) mass is 540 g/mol. The number of aryl methyl sites for hydroxylation is 1. The Bertz CT molecular complexity index is 1400. The molecular weight excluding hydrogens is 516 g/mol. The number of hydrogen-bond donors (Lipinski definition) is 0. The Labute approximate surface area is 231 Å². The van der Waals surface area contributed by atoms with Gasteiger partial charge in [-0.2, -0.15) is 0 Å². The van der Waals surface area contributed by atoms with Crippen molar-refractivity contribution < 1.29 is 4.79 Å². The zero-order chi connectivity index (χ0) is 25.5. The first-order chi connectivity index (χ1) is 18.1. The van der Waals surface area contributed by atoms with Crippen LogP contribution in [0.1, 0.15) is 17.5 Å². The van der Waals surface area contributed by atoms with Gasteiger partial charge < -0.3 is 0 Å². The van der Waals surface area contributed by atoms with Crippen LogP contribution in [0.4, 0.5) is 5.69 Å². The number of para-hydroxylation sites is 1. The van der Waals surface area contributed by atoms with Crippen molar-refractivity contribution in [2.24, 2.45) is 4.99 Å². The average Bonchev–Trinajstić information content (AvgIpc) is 3.21. The lowest BCUT2D eigenvalue weighted by atomic mass is 10.1. The highest BCUT2D eigenvalue weighted by molar-refractivity contribution is 8.18. The maximum absolute atomic E-state index is 13.4. The van der Waals surface area contributed by atoms with Gasteiger partial charge in [0.25, 0.3) is 5.91 Å². The van der Waals surface area contributed by atoms with Crippen molar-refractivity contribution in [1.82, 2.24) is 4.90 Å². The molecule has 184 valence electrons. The van der Waals surface area contributed by atoms with Crippen molar-refractivity contribution in [2.75, 3.05) is 6.54 Å². The maximum atomic E-state index is 13.4. The van der Waals surface area contributed by atoms with Crippen molar-refractivity contribution in [2.45, 2.75) is 22.6 Å². The largest absolute Gasteiger partial charge is 0.286 e. The zero-order valence-electron chi connectivity index (χ0n) is 20.1. The lowest BCUT2D eigenvalue weighted by molar-refractivity contribution is -0.122. The molecule has 0 atom stereocenters. The van der Waals surface area contributed by atoms with Gasteiger partial charge in [-0.15, -0.1) is 0 Å². The molecule has 1 heterocycles. The van der Waals surface area contributed by atoms with E-state index >= 15 is 0 Å². The molecule has 6 heteroatoms. The molecule has 0 N–H and O–H groups in total. The number of carbonyl (C=O) groups is 1. The van der Waals surface area contributed by atoms with E-state index in [0.717, 1.165) is 44.1 Å². The van der Waals surface area contributed by atoms with E-state index in [2.05, 4.69) is 36.4 Å². The molecule has 4 aromatic rings. The summed E-state index contributed by atoms with van der Waals surface area (Å²) in [6.07, 6.45) is 3.75. The van der Waals surface area contributed by atoms with Gasteiger partial charge in [0.2, 0.25) is 0 Å². The standard InChI is InChI=1S/C31H25ClN2OS2/c32-25-15-19-28(20-16-25)36-27-17-13-24(14-18-27)22-29-30(35)34(21-7-10-23-8-3-1-4-9-23)31(37-29)33-26-11-5-2-6-12-26/h1-6,8-9,11-20,22H,7,10,21H2/b29-22-,33-31?. The summed E-state index contributed by atoms with van der Waals surface area (Å²) in [5.41, 5.74) is 3.10. The lowest BCUT2D eigenvalue weighted by Crippen LogP contribution is -2.30. The summed E-state index contributed by atoms with van der Waals surface area (Å²) in [6.45, 7) is 0.625. The van der Waals surface area contributed by atoms with E-state index in [-0.39, 0.29) is 5.91 Å². The van der Waals surface area contributed by atoms with Crippen LogP contribution in [0.2, 0.25) is 5.02 Å². The maximum Gasteiger partial charge on any atom is 0.266 e. The third-order valence-corrected chi connectivity index (χ3v) is 8.06. The summed E-state index contributed by atoms with van der Waals surface area (Å²) in [5.74, 6) is 0.00681. The molecule has 0 bridgehead atoms. The molecule has 37 heavy (non-hydrogen) atoms. The van der Waals surface area contributed by atoms with Crippen LogP contribution in [0.15, 0.2) is 129 Å². The molecular formula is C31H25ClN2OS2. The first-order valence-corrected chi connectivity index (χ1v) is 14.1. The highest BCUT2D eigenvalue weighted by Gasteiger charge is 2.33. The third kappa shape index (κ3) is 6.95. The predicted octanol–water partition coefficient (Wildman–Crippen LogP) is 8.73. The van der Waals surface area contributed by atoms with E-state index in [0.29, 0.717) is 11.4 Å². The number of amides is 1. The van der Waals surface area contributed by atoms with Crippen LogP contribution in [0, 0.1) is 0 Å². The molecule has 0 radical (unpaired) electrons. The number of halogens is 1. The zero-order valence-corrected chi connectivity index (χ0v) is 22.5. The highest BCUT2D eigenvalue weighted by atomic mass is 35.5. The van der Waals surface area contributed by atoms with Crippen LogP contribution in [0.3, 0.4) is 0 Å². The van der Waals surface area contributed by atoms with Gasteiger partial charge in [0.15, 0.2) is 5.17 Å². The summed E-state index contributed by atoms with van der Waals surface area (Å²) in [5, 5.41) is 1.46. The minimum Gasteiger partial charge on any atom is -0.286 e.